The van der Waals surface area contributed by atoms with Crippen molar-refractivity contribution in [1.82, 2.24) is 10.3 Å². The van der Waals surface area contributed by atoms with Crippen LogP contribution in [-0.4, -0.2) is 35.6 Å². The van der Waals surface area contributed by atoms with Crippen LogP contribution in [0.3, 0.4) is 0 Å². The SMILES string of the molecule is COCc1nc(C(=O)NCCC(C)(C)C(=O)O)cs1. The summed E-state index contributed by atoms with van der Waals surface area (Å²) in [4.78, 5) is 26.8. The van der Waals surface area contributed by atoms with Crippen LogP contribution in [0.25, 0.3) is 0 Å². The maximum atomic E-state index is 11.8. The van der Waals surface area contributed by atoms with Gasteiger partial charge in [-0.05, 0) is 20.3 Å². The number of rotatable bonds is 7. The Bertz CT molecular complexity index is 456. The van der Waals surface area contributed by atoms with Crippen LogP contribution in [0.4, 0.5) is 0 Å². The summed E-state index contributed by atoms with van der Waals surface area (Å²) in [6.45, 7) is 3.93. The van der Waals surface area contributed by atoms with Gasteiger partial charge in [-0.1, -0.05) is 0 Å². The number of ether oxygens (including phenoxy) is 1. The molecule has 1 aromatic heterocycles. The predicted octanol–water partition coefficient (Wildman–Crippen LogP) is 1.52. The number of nitrogens with zero attached hydrogens (tertiary/aromatic N) is 1. The molecule has 0 aromatic carbocycles. The number of amides is 1. The summed E-state index contributed by atoms with van der Waals surface area (Å²) < 4.78 is 4.92. The molecule has 0 aliphatic carbocycles. The summed E-state index contributed by atoms with van der Waals surface area (Å²) in [7, 11) is 1.56. The molecule has 6 nitrogen and oxygen atoms in total. The van der Waals surface area contributed by atoms with Gasteiger partial charge in [0.1, 0.15) is 10.7 Å². The van der Waals surface area contributed by atoms with Crippen LogP contribution in [0.5, 0.6) is 0 Å². The Hall–Kier alpha value is -1.47. The van der Waals surface area contributed by atoms with Crippen molar-refractivity contribution in [3.8, 4) is 0 Å². The minimum absolute atomic E-state index is 0.292. The van der Waals surface area contributed by atoms with Gasteiger partial charge in [-0.25, -0.2) is 4.98 Å². The number of carbonyl (C=O) groups excluding carboxylic acids is 1. The van der Waals surface area contributed by atoms with E-state index >= 15 is 0 Å². The fourth-order valence-corrected chi connectivity index (χ4v) is 2.04. The standard InChI is InChI=1S/C12H18N2O4S/c1-12(2,11(16)17)4-5-13-10(15)8-7-19-9(14-8)6-18-3/h7H,4-6H2,1-3H3,(H,13,15)(H,16,17). The summed E-state index contributed by atoms with van der Waals surface area (Å²) in [5, 5.41) is 14.0. The highest BCUT2D eigenvalue weighted by atomic mass is 32.1. The second kappa shape index (κ2) is 6.63. The highest BCUT2D eigenvalue weighted by Gasteiger charge is 2.26. The topological polar surface area (TPSA) is 88.5 Å². The Balaban J connectivity index is 2.45. The third kappa shape index (κ3) is 4.60. The third-order valence-corrected chi connectivity index (χ3v) is 3.49. The molecule has 7 heteroatoms. The van der Waals surface area contributed by atoms with Crippen molar-refractivity contribution in [1.29, 1.82) is 0 Å². The molecule has 0 spiro atoms. The molecule has 0 radical (unpaired) electrons. The third-order valence-electron chi connectivity index (χ3n) is 2.67. The Labute approximate surface area is 115 Å². The number of carbonyl (C=O) groups is 2. The highest BCUT2D eigenvalue weighted by molar-refractivity contribution is 7.09. The molecule has 0 fully saturated rings. The van der Waals surface area contributed by atoms with Crippen molar-refractivity contribution in [2.45, 2.75) is 26.9 Å². The van der Waals surface area contributed by atoms with Crippen LogP contribution < -0.4 is 5.32 Å². The van der Waals surface area contributed by atoms with Crippen molar-refractivity contribution < 1.29 is 19.4 Å². The number of nitrogens with one attached hydrogen (secondary N) is 1. The number of aromatic nitrogens is 1. The summed E-state index contributed by atoms with van der Waals surface area (Å²) in [6.07, 6.45) is 0.364. The van der Waals surface area contributed by atoms with E-state index in [9.17, 15) is 9.59 Å². The molecule has 0 atom stereocenters. The van der Waals surface area contributed by atoms with Gasteiger partial charge in [0.05, 0.1) is 12.0 Å². The molecule has 0 bridgehead atoms. The molecular weight excluding hydrogens is 268 g/mol. The molecule has 0 aliphatic rings. The summed E-state index contributed by atoms with van der Waals surface area (Å²) in [5.41, 5.74) is -0.512. The molecule has 1 rings (SSSR count). The molecule has 0 saturated heterocycles. The summed E-state index contributed by atoms with van der Waals surface area (Å²) >= 11 is 1.36. The van der Waals surface area contributed by atoms with Gasteiger partial charge < -0.3 is 15.2 Å². The van der Waals surface area contributed by atoms with Crippen LogP contribution in [0.1, 0.15) is 35.8 Å². The number of carboxylic acids is 1. The second-order valence-corrected chi connectivity index (χ2v) is 5.70. The minimum atomic E-state index is -0.877. The number of aliphatic carboxylic acids is 1. The fraction of sp³-hybridized carbons (Fsp3) is 0.583. The van der Waals surface area contributed by atoms with Crippen LogP contribution in [-0.2, 0) is 16.1 Å². The fourth-order valence-electron chi connectivity index (χ4n) is 1.29. The first-order chi connectivity index (χ1) is 8.86. The lowest BCUT2D eigenvalue weighted by molar-refractivity contribution is -0.147. The first-order valence-electron chi connectivity index (χ1n) is 5.82. The molecular formula is C12H18N2O4S. The molecule has 0 unspecified atom stereocenters. The normalized spacial score (nSPS) is 11.3. The van der Waals surface area contributed by atoms with Crippen molar-refractivity contribution in [3.63, 3.8) is 0 Å². The van der Waals surface area contributed by atoms with E-state index in [1.165, 1.54) is 11.3 Å². The van der Waals surface area contributed by atoms with Crippen LogP contribution >= 0.6 is 11.3 Å². The van der Waals surface area contributed by atoms with Crippen molar-refractivity contribution in [2.24, 2.45) is 5.41 Å². The van der Waals surface area contributed by atoms with E-state index < -0.39 is 11.4 Å². The maximum absolute atomic E-state index is 11.8. The van der Waals surface area contributed by atoms with Gasteiger partial charge in [0, 0.05) is 19.0 Å². The predicted molar refractivity (Wildman–Crippen MR) is 71.2 cm³/mol. The van der Waals surface area contributed by atoms with E-state index in [0.29, 0.717) is 25.3 Å². The average molecular weight is 286 g/mol. The number of methoxy groups -OCH3 is 1. The van der Waals surface area contributed by atoms with Crippen LogP contribution in [0, 0.1) is 5.41 Å². The molecule has 106 valence electrons. The summed E-state index contributed by atoms with van der Waals surface area (Å²) in [6, 6.07) is 0. The molecule has 1 heterocycles. The lowest BCUT2D eigenvalue weighted by Crippen LogP contribution is -2.32. The summed E-state index contributed by atoms with van der Waals surface area (Å²) in [5.74, 6) is -1.17. The van der Waals surface area contributed by atoms with E-state index in [2.05, 4.69) is 10.3 Å². The monoisotopic (exact) mass is 286 g/mol. The van der Waals surface area contributed by atoms with E-state index in [1.54, 1.807) is 26.3 Å². The van der Waals surface area contributed by atoms with Gasteiger partial charge in [-0.3, -0.25) is 9.59 Å². The first-order valence-corrected chi connectivity index (χ1v) is 6.69. The van der Waals surface area contributed by atoms with E-state index in [4.69, 9.17) is 9.84 Å². The van der Waals surface area contributed by atoms with Gasteiger partial charge in [0.2, 0.25) is 0 Å². The van der Waals surface area contributed by atoms with Gasteiger partial charge >= 0.3 is 5.97 Å². The van der Waals surface area contributed by atoms with Gasteiger partial charge in [-0.2, -0.15) is 0 Å². The average Bonchev–Trinajstić information content (AvgIpc) is 2.77. The smallest absolute Gasteiger partial charge is 0.309 e. The lowest BCUT2D eigenvalue weighted by Gasteiger charge is -2.18. The zero-order valence-electron chi connectivity index (χ0n) is 11.2. The maximum Gasteiger partial charge on any atom is 0.309 e. The molecule has 1 amide bonds. The first kappa shape index (κ1) is 15.6. The Morgan fingerprint density at radius 1 is 1.53 bits per heavy atom. The van der Waals surface area contributed by atoms with E-state index in [0.717, 1.165) is 5.01 Å². The number of carboxylic acid groups (broad SMARTS) is 1. The van der Waals surface area contributed by atoms with Crippen LogP contribution in [0.15, 0.2) is 5.38 Å². The van der Waals surface area contributed by atoms with Gasteiger partial charge in [0.25, 0.3) is 5.91 Å². The van der Waals surface area contributed by atoms with Gasteiger partial charge in [-0.15, -0.1) is 11.3 Å². The largest absolute Gasteiger partial charge is 0.481 e. The zero-order chi connectivity index (χ0) is 14.5. The van der Waals surface area contributed by atoms with Crippen molar-refractivity contribution in [3.05, 3.63) is 16.1 Å². The number of thiazole rings is 1. The van der Waals surface area contributed by atoms with Crippen molar-refractivity contribution >= 4 is 23.2 Å². The van der Waals surface area contributed by atoms with Gasteiger partial charge in [0.15, 0.2) is 0 Å². The zero-order valence-corrected chi connectivity index (χ0v) is 12.0. The second-order valence-electron chi connectivity index (χ2n) is 4.75. The van der Waals surface area contributed by atoms with Crippen LogP contribution in [0.2, 0.25) is 0 Å². The lowest BCUT2D eigenvalue weighted by atomic mass is 9.90. The molecule has 2 N–H and O–H groups in total. The Kier molecular flexibility index (Phi) is 5.44. The number of hydrogen-bond donors (Lipinski definition) is 2. The number of hydrogen-bond acceptors (Lipinski definition) is 5. The van der Waals surface area contributed by atoms with E-state index in [1.807, 2.05) is 0 Å². The molecule has 19 heavy (non-hydrogen) atoms. The van der Waals surface area contributed by atoms with E-state index in [-0.39, 0.29) is 5.91 Å². The van der Waals surface area contributed by atoms with Crippen molar-refractivity contribution in [2.75, 3.05) is 13.7 Å². The quantitative estimate of drug-likeness (QED) is 0.793. The Morgan fingerprint density at radius 3 is 2.79 bits per heavy atom. The minimum Gasteiger partial charge on any atom is -0.481 e. The Morgan fingerprint density at radius 2 is 2.21 bits per heavy atom. The molecule has 1 aromatic rings. The molecule has 0 saturated carbocycles. The highest BCUT2D eigenvalue weighted by Crippen LogP contribution is 2.19. The molecule has 0 aliphatic heterocycles.